The van der Waals surface area contributed by atoms with Gasteiger partial charge in [0.2, 0.25) is 0 Å². The van der Waals surface area contributed by atoms with Crippen LogP contribution in [0.15, 0.2) is 72.8 Å². The van der Waals surface area contributed by atoms with Crippen LogP contribution >= 0.6 is 34.8 Å². The summed E-state index contributed by atoms with van der Waals surface area (Å²) < 4.78 is 0. The molecule has 139 valence electrons. The fourth-order valence-corrected chi connectivity index (χ4v) is 4.07. The van der Waals surface area contributed by atoms with Crippen LogP contribution in [0.2, 0.25) is 15.1 Å². The third-order valence-electron chi connectivity index (χ3n) is 4.72. The number of hydrogen-bond donors (Lipinski definition) is 0. The first-order valence-corrected chi connectivity index (χ1v) is 10.4. The van der Waals surface area contributed by atoms with Crippen molar-refractivity contribution < 1.29 is 0 Å². The van der Waals surface area contributed by atoms with Crippen LogP contribution in [0.1, 0.15) is 48.8 Å². The van der Waals surface area contributed by atoms with Crippen LogP contribution in [0.5, 0.6) is 0 Å². The van der Waals surface area contributed by atoms with Gasteiger partial charge in [0, 0.05) is 21.0 Å². The van der Waals surface area contributed by atoms with E-state index in [1.807, 2.05) is 48.5 Å². The molecular weight excluding hydrogens is 395 g/mol. The second-order valence-electron chi connectivity index (χ2n) is 6.68. The predicted octanol–water partition coefficient (Wildman–Crippen LogP) is 8.59. The highest BCUT2D eigenvalue weighted by Gasteiger charge is 2.27. The van der Waals surface area contributed by atoms with E-state index in [1.54, 1.807) is 0 Å². The van der Waals surface area contributed by atoms with E-state index in [1.165, 1.54) is 11.5 Å². The lowest BCUT2D eigenvalue weighted by atomic mass is 9.75. The number of halogens is 3. The van der Waals surface area contributed by atoms with E-state index in [0.29, 0.717) is 0 Å². The van der Waals surface area contributed by atoms with Crippen molar-refractivity contribution in [2.75, 3.05) is 0 Å². The Morgan fingerprint density at radius 1 is 0.741 bits per heavy atom. The van der Waals surface area contributed by atoms with E-state index in [-0.39, 0.29) is 5.92 Å². The van der Waals surface area contributed by atoms with Crippen LogP contribution < -0.4 is 0 Å². The highest BCUT2D eigenvalue weighted by Crippen LogP contribution is 2.42. The molecule has 3 heteroatoms. The van der Waals surface area contributed by atoms with Gasteiger partial charge in [-0.3, -0.25) is 0 Å². The molecule has 0 N–H and O–H groups in total. The molecule has 3 rings (SSSR count). The van der Waals surface area contributed by atoms with Crippen molar-refractivity contribution in [2.24, 2.45) is 0 Å². The lowest BCUT2D eigenvalue weighted by Crippen LogP contribution is -2.14. The fraction of sp³-hybridized carbons (Fsp3) is 0.208. The van der Waals surface area contributed by atoms with Crippen LogP contribution in [0.3, 0.4) is 0 Å². The molecule has 0 aliphatic rings. The maximum absolute atomic E-state index is 6.33. The van der Waals surface area contributed by atoms with Gasteiger partial charge < -0.3 is 0 Å². The topological polar surface area (TPSA) is 0 Å². The summed E-state index contributed by atoms with van der Waals surface area (Å²) in [6.07, 6.45) is 3.29. The molecule has 0 amide bonds. The van der Waals surface area contributed by atoms with Crippen LogP contribution in [0, 0.1) is 5.92 Å². The smallest absolute Gasteiger partial charge is 0.0415 e. The molecule has 0 saturated heterocycles. The van der Waals surface area contributed by atoms with Gasteiger partial charge in [-0.25, -0.2) is 0 Å². The molecule has 1 unspecified atom stereocenters. The Morgan fingerprint density at radius 3 is 1.74 bits per heavy atom. The maximum Gasteiger partial charge on any atom is 0.0415 e. The molecule has 0 aliphatic carbocycles. The average Bonchev–Trinajstić information content (AvgIpc) is 2.65. The van der Waals surface area contributed by atoms with Crippen molar-refractivity contribution in [1.29, 1.82) is 0 Å². The fourth-order valence-electron chi connectivity index (χ4n) is 3.49. The van der Waals surface area contributed by atoms with E-state index >= 15 is 0 Å². The minimum absolute atomic E-state index is 0.209. The Bertz CT molecular complexity index is 843. The van der Waals surface area contributed by atoms with Gasteiger partial charge in [-0.05, 0) is 65.4 Å². The van der Waals surface area contributed by atoms with E-state index in [2.05, 4.69) is 31.2 Å². The van der Waals surface area contributed by atoms with Crippen molar-refractivity contribution in [3.8, 4) is 0 Å². The molecule has 0 saturated carbocycles. The molecule has 27 heavy (non-hydrogen) atoms. The minimum atomic E-state index is 0.209. The molecule has 0 spiro atoms. The summed E-state index contributed by atoms with van der Waals surface area (Å²) in [6, 6.07) is 24.2. The van der Waals surface area contributed by atoms with Crippen LogP contribution in [-0.2, 0) is 0 Å². The third kappa shape index (κ3) is 5.29. The first kappa shape index (κ1) is 20.3. The van der Waals surface area contributed by atoms with Gasteiger partial charge in [-0.15, -0.1) is 0 Å². The molecule has 1 radical (unpaired) electrons. The minimum Gasteiger partial charge on any atom is -0.0843 e. The molecule has 0 aromatic heterocycles. The zero-order valence-corrected chi connectivity index (χ0v) is 17.5. The second-order valence-corrected chi connectivity index (χ2v) is 7.99. The molecule has 0 bridgehead atoms. The Labute approximate surface area is 177 Å². The van der Waals surface area contributed by atoms with Crippen LogP contribution in [-0.4, -0.2) is 0 Å². The zero-order valence-electron chi connectivity index (χ0n) is 15.3. The molecule has 0 nitrogen and oxygen atoms in total. The molecule has 3 aromatic carbocycles. The van der Waals surface area contributed by atoms with E-state index in [0.717, 1.165) is 45.5 Å². The van der Waals surface area contributed by atoms with Crippen molar-refractivity contribution in [1.82, 2.24) is 0 Å². The van der Waals surface area contributed by atoms with Crippen LogP contribution in [0.25, 0.3) is 0 Å². The SMILES string of the molecule is CCCCC([C](c1cccc(Cl)c1)c1cccc(Cl)c1)c1cccc(Cl)c1. The molecular formula is C24H22Cl3. The lowest BCUT2D eigenvalue weighted by molar-refractivity contribution is 0.615. The van der Waals surface area contributed by atoms with E-state index in [4.69, 9.17) is 34.8 Å². The lowest BCUT2D eigenvalue weighted by Gasteiger charge is -2.28. The molecule has 0 heterocycles. The Hall–Kier alpha value is -1.47. The largest absolute Gasteiger partial charge is 0.0843 e. The van der Waals surface area contributed by atoms with Crippen molar-refractivity contribution in [3.63, 3.8) is 0 Å². The van der Waals surface area contributed by atoms with Gasteiger partial charge >= 0.3 is 0 Å². The Kier molecular flexibility index (Phi) is 7.24. The maximum atomic E-state index is 6.33. The van der Waals surface area contributed by atoms with Gasteiger partial charge in [-0.1, -0.05) is 91.0 Å². The standard InChI is InChI=1S/C24H22Cl3/c1-2-3-13-23(17-7-4-10-20(25)14-17)24(18-8-5-11-21(26)15-18)19-9-6-12-22(27)16-19/h4-12,14-16,23H,2-3,13H2,1H3. The summed E-state index contributed by atoms with van der Waals surface area (Å²) in [7, 11) is 0. The Morgan fingerprint density at radius 2 is 1.26 bits per heavy atom. The summed E-state index contributed by atoms with van der Waals surface area (Å²) in [5.41, 5.74) is 3.45. The highest BCUT2D eigenvalue weighted by molar-refractivity contribution is 6.31. The monoisotopic (exact) mass is 415 g/mol. The van der Waals surface area contributed by atoms with Gasteiger partial charge in [0.05, 0.1) is 0 Å². The summed E-state index contributed by atoms with van der Waals surface area (Å²) in [4.78, 5) is 0. The average molecular weight is 417 g/mol. The van der Waals surface area contributed by atoms with Crippen molar-refractivity contribution in [2.45, 2.75) is 32.1 Å². The number of hydrogen-bond acceptors (Lipinski definition) is 0. The van der Waals surface area contributed by atoms with Gasteiger partial charge in [0.25, 0.3) is 0 Å². The van der Waals surface area contributed by atoms with E-state index in [9.17, 15) is 0 Å². The van der Waals surface area contributed by atoms with Crippen molar-refractivity contribution >= 4 is 34.8 Å². The van der Waals surface area contributed by atoms with Gasteiger partial charge in [-0.2, -0.15) is 0 Å². The normalized spacial score (nSPS) is 12.3. The number of unbranched alkanes of at least 4 members (excludes halogenated alkanes) is 1. The third-order valence-corrected chi connectivity index (χ3v) is 5.42. The van der Waals surface area contributed by atoms with Crippen LogP contribution in [0.4, 0.5) is 0 Å². The first-order chi connectivity index (χ1) is 13.1. The predicted molar refractivity (Wildman–Crippen MR) is 118 cm³/mol. The Balaban J connectivity index is 2.15. The summed E-state index contributed by atoms with van der Waals surface area (Å²) in [5, 5.41) is 2.21. The zero-order chi connectivity index (χ0) is 19.2. The number of rotatable bonds is 7. The first-order valence-electron chi connectivity index (χ1n) is 9.22. The van der Waals surface area contributed by atoms with E-state index < -0.39 is 0 Å². The molecule has 1 atom stereocenters. The summed E-state index contributed by atoms with van der Waals surface area (Å²) >= 11 is 19.0. The quantitative estimate of drug-likeness (QED) is 0.361. The molecule has 0 aliphatic heterocycles. The van der Waals surface area contributed by atoms with Gasteiger partial charge in [0.1, 0.15) is 0 Å². The molecule has 0 fully saturated rings. The second kappa shape index (κ2) is 9.64. The van der Waals surface area contributed by atoms with Gasteiger partial charge in [0.15, 0.2) is 0 Å². The highest BCUT2D eigenvalue weighted by atomic mass is 35.5. The van der Waals surface area contributed by atoms with Crippen molar-refractivity contribution in [3.05, 3.63) is 110 Å². The summed E-state index contributed by atoms with van der Waals surface area (Å²) in [6.45, 7) is 2.22. The number of benzene rings is 3. The summed E-state index contributed by atoms with van der Waals surface area (Å²) in [5.74, 6) is 1.44. The molecule has 3 aromatic rings.